The quantitative estimate of drug-likeness (QED) is 0.724. The van der Waals surface area contributed by atoms with Gasteiger partial charge in [-0.3, -0.25) is 9.59 Å². The highest BCUT2D eigenvalue weighted by atomic mass is 79.9. The van der Waals surface area contributed by atoms with Crippen LogP contribution in [0, 0.1) is 13.8 Å². The third-order valence-electron chi connectivity index (χ3n) is 4.13. The van der Waals surface area contributed by atoms with E-state index in [-0.39, 0.29) is 24.3 Å². The maximum Gasteiger partial charge on any atom is 0.325 e. The highest BCUT2D eigenvalue weighted by Gasteiger charge is 2.17. The van der Waals surface area contributed by atoms with E-state index < -0.39 is 11.9 Å². The zero-order valence-electron chi connectivity index (χ0n) is 15.7. The van der Waals surface area contributed by atoms with E-state index in [1.165, 1.54) is 11.6 Å². The first-order chi connectivity index (χ1) is 12.1. The van der Waals surface area contributed by atoms with Gasteiger partial charge in [0, 0.05) is 0 Å². The molecule has 0 aliphatic heterocycles. The Morgan fingerprint density at radius 1 is 1.15 bits per heavy atom. The van der Waals surface area contributed by atoms with Gasteiger partial charge in [0.05, 0.1) is 0 Å². The highest BCUT2D eigenvalue weighted by Crippen LogP contribution is 2.27. The van der Waals surface area contributed by atoms with E-state index in [2.05, 4.69) is 54.2 Å². The normalized spacial score (nSPS) is 11.3. The number of ether oxygens (including phenoxy) is 1. The number of amides is 1. The van der Waals surface area contributed by atoms with Crippen molar-refractivity contribution in [2.75, 3.05) is 6.54 Å². The van der Waals surface area contributed by atoms with E-state index in [9.17, 15) is 9.59 Å². The van der Waals surface area contributed by atoms with Gasteiger partial charge in [0.2, 0.25) is 0 Å². The lowest BCUT2D eigenvalue weighted by Crippen LogP contribution is -2.30. The Bertz CT molecular complexity index is 794. The lowest BCUT2D eigenvalue weighted by atomic mass is 9.84. The van der Waals surface area contributed by atoms with Gasteiger partial charge in [0.25, 0.3) is 5.91 Å². The summed E-state index contributed by atoms with van der Waals surface area (Å²) in [6.07, 6.45) is 0. The van der Waals surface area contributed by atoms with E-state index in [1.807, 2.05) is 13.8 Å². The van der Waals surface area contributed by atoms with E-state index in [4.69, 9.17) is 9.15 Å². The molecule has 1 aromatic heterocycles. The van der Waals surface area contributed by atoms with Gasteiger partial charge in [-0.2, -0.15) is 0 Å². The van der Waals surface area contributed by atoms with Gasteiger partial charge in [-0.25, -0.2) is 0 Å². The maximum absolute atomic E-state index is 11.9. The lowest BCUT2D eigenvalue weighted by Gasteiger charge is -2.22. The van der Waals surface area contributed by atoms with Crippen molar-refractivity contribution in [1.82, 2.24) is 5.32 Å². The van der Waals surface area contributed by atoms with Crippen LogP contribution < -0.4 is 5.32 Å². The predicted octanol–water partition coefficient (Wildman–Crippen LogP) is 4.43. The summed E-state index contributed by atoms with van der Waals surface area (Å²) >= 11 is 3.12. The molecule has 0 aliphatic rings. The van der Waals surface area contributed by atoms with Crippen molar-refractivity contribution in [2.24, 2.45) is 0 Å². The molecule has 0 fully saturated rings. The Kier molecular flexibility index (Phi) is 6.29. The van der Waals surface area contributed by atoms with Crippen molar-refractivity contribution >= 4 is 27.8 Å². The molecule has 2 rings (SSSR count). The number of halogens is 1. The van der Waals surface area contributed by atoms with Gasteiger partial charge < -0.3 is 14.5 Å². The number of aryl methyl sites for hydroxylation is 2. The summed E-state index contributed by atoms with van der Waals surface area (Å²) in [5, 5.41) is 2.48. The molecule has 0 spiro atoms. The fourth-order valence-corrected chi connectivity index (χ4v) is 2.84. The second-order valence-corrected chi connectivity index (χ2v) is 8.07. The third-order valence-corrected chi connectivity index (χ3v) is 4.56. The van der Waals surface area contributed by atoms with Crippen LogP contribution >= 0.6 is 15.9 Å². The third kappa shape index (κ3) is 5.21. The Morgan fingerprint density at radius 2 is 1.77 bits per heavy atom. The molecule has 6 heteroatoms. The van der Waals surface area contributed by atoms with Crippen LogP contribution in [0.2, 0.25) is 0 Å². The molecule has 26 heavy (non-hydrogen) atoms. The minimum Gasteiger partial charge on any atom is -0.459 e. The number of rotatable bonds is 5. The molecule has 0 aliphatic carbocycles. The number of benzene rings is 1. The Balaban J connectivity index is 1.92. The molecule has 0 saturated carbocycles. The summed E-state index contributed by atoms with van der Waals surface area (Å²) in [6, 6.07) is 7.40. The molecule has 0 unspecified atom stereocenters. The standard InChI is InChI=1S/C20H24BrNO4/c1-12-8-14(20(3,4)5)9-13(2)15(12)11-25-18(23)10-22-19(24)16-6-7-17(21)26-16/h6-9H,10-11H2,1-5H3,(H,22,24). The van der Waals surface area contributed by atoms with Crippen LogP contribution in [0.25, 0.3) is 0 Å². The van der Waals surface area contributed by atoms with Crippen molar-refractivity contribution in [3.63, 3.8) is 0 Å². The summed E-state index contributed by atoms with van der Waals surface area (Å²) in [5.74, 6) is -0.827. The van der Waals surface area contributed by atoms with Crippen LogP contribution in [-0.4, -0.2) is 18.4 Å². The van der Waals surface area contributed by atoms with Crippen molar-refractivity contribution in [1.29, 1.82) is 0 Å². The SMILES string of the molecule is Cc1cc(C(C)(C)C)cc(C)c1COC(=O)CNC(=O)c1ccc(Br)o1. The summed E-state index contributed by atoms with van der Waals surface area (Å²) in [7, 11) is 0. The molecule has 5 nitrogen and oxygen atoms in total. The van der Waals surface area contributed by atoms with Crippen molar-refractivity contribution in [3.8, 4) is 0 Å². The largest absolute Gasteiger partial charge is 0.459 e. The van der Waals surface area contributed by atoms with Gasteiger partial charge in [-0.05, 0) is 69.6 Å². The average molecular weight is 422 g/mol. The van der Waals surface area contributed by atoms with Crippen LogP contribution in [0.5, 0.6) is 0 Å². The minimum absolute atomic E-state index is 0.0653. The minimum atomic E-state index is -0.498. The first-order valence-electron chi connectivity index (χ1n) is 8.37. The number of carbonyl (C=O) groups excluding carboxylic acids is 2. The lowest BCUT2D eigenvalue weighted by molar-refractivity contribution is -0.143. The van der Waals surface area contributed by atoms with Crippen LogP contribution in [0.4, 0.5) is 0 Å². The number of carbonyl (C=O) groups is 2. The number of nitrogens with one attached hydrogen (secondary N) is 1. The van der Waals surface area contributed by atoms with Crippen molar-refractivity contribution < 1.29 is 18.7 Å². The fraction of sp³-hybridized carbons (Fsp3) is 0.400. The monoisotopic (exact) mass is 421 g/mol. The molecule has 2 aromatic rings. The van der Waals surface area contributed by atoms with Crippen LogP contribution in [-0.2, 0) is 21.6 Å². The number of esters is 1. The molecule has 1 heterocycles. The van der Waals surface area contributed by atoms with E-state index in [0.29, 0.717) is 4.67 Å². The van der Waals surface area contributed by atoms with Crippen LogP contribution in [0.3, 0.4) is 0 Å². The van der Waals surface area contributed by atoms with Gasteiger partial charge >= 0.3 is 5.97 Å². The van der Waals surface area contributed by atoms with Gasteiger partial charge in [0.15, 0.2) is 10.4 Å². The summed E-state index contributed by atoms with van der Waals surface area (Å²) in [4.78, 5) is 23.8. The molecule has 1 aromatic carbocycles. The molecular formula is C20H24BrNO4. The summed E-state index contributed by atoms with van der Waals surface area (Å²) in [6.45, 7) is 10.5. The van der Waals surface area contributed by atoms with Gasteiger partial charge in [-0.1, -0.05) is 32.9 Å². The maximum atomic E-state index is 11.9. The van der Waals surface area contributed by atoms with Crippen molar-refractivity contribution in [3.05, 3.63) is 56.9 Å². The molecule has 0 saturated heterocycles. The van der Waals surface area contributed by atoms with Gasteiger partial charge in [-0.15, -0.1) is 0 Å². The van der Waals surface area contributed by atoms with E-state index >= 15 is 0 Å². The zero-order chi connectivity index (χ0) is 19.5. The summed E-state index contributed by atoms with van der Waals surface area (Å²) < 4.78 is 10.9. The van der Waals surface area contributed by atoms with Gasteiger partial charge in [0.1, 0.15) is 13.2 Å². The molecule has 0 radical (unpaired) electrons. The average Bonchev–Trinajstić information content (AvgIpc) is 2.97. The van der Waals surface area contributed by atoms with Crippen LogP contribution in [0.15, 0.2) is 33.4 Å². The van der Waals surface area contributed by atoms with E-state index in [0.717, 1.165) is 16.7 Å². The Hall–Kier alpha value is -2.08. The molecule has 1 N–H and O–H groups in total. The zero-order valence-corrected chi connectivity index (χ0v) is 17.3. The molecule has 0 atom stereocenters. The molecule has 140 valence electrons. The molecular weight excluding hydrogens is 398 g/mol. The van der Waals surface area contributed by atoms with E-state index in [1.54, 1.807) is 6.07 Å². The Morgan fingerprint density at radius 3 is 2.27 bits per heavy atom. The second-order valence-electron chi connectivity index (χ2n) is 7.29. The predicted molar refractivity (Wildman–Crippen MR) is 103 cm³/mol. The smallest absolute Gasteiger partial charge is 0.325 e. The number of hydrogen-bond donors (Lipinski definition) is 1. The van der Waals surface area contributed by atoms with Crippen molar-refractivity contribution in [2.45, 2.75) is 46.6 Å². The Labute approximate surface area is 162 Å². The number of furan rings is 1. The fourth-order valence-electron chi connectivity index (χ4n) is 2.53. The van der Waals surface area contributed by atoms with Crippen LogP contribution in [0.1, 0.15) is 53.6 Å². The molecule has 1 amide bonds. The summed E-state index contributed by atoms with van der Waals surface area (Å²) in [5.41, 5.74) is 4.49. The second kappa shape index (κ2) is 8.08. The highest BCUT2D eigenvalue weighted by molar-refractivity contribution is 9.10. The number of hydrogen-bond acceptors (Lipinski definition) is 4. The topological polar surface area (TPSA) is 68.5 Å². The first-order valence-corrected chi connectivity index (χ1v) is 9.17. The first kappa shape index (κ1) is 20.2. The molecule has 0 bridgehead atoms.